The van der Waals surface area contributed by atoms with Crippen LogP contribution in [0.5, 0.6) is 0 Å². The predicted molar refractivity (Wildman–Crippen MR) is 91.1 cm³/mol. The summed E-state index contributed by atoms with van der Waals surface area (Å²) in [5.74, 6) is -0.319. The molecule has 2 aliphatic heterocycles. The molecule has 1 aromatic carbocycles. The lowest BCUT2D eigenvalue weighted by atomic mass is 9.87. The van der Waals surface area contributed by atoms with Gasteiger partial charge in [-0.3, -0.25) is 9.59 Å². The number of amides is 2. The largest absolute Gasteiger partial charge is 0.373 e. The van der Waals surface area contributed by atoms with Gasteiger partial charge in [-0.2, -0.15) is 0 Å². The summed E-state index contributed by atoms with van der Waals surface area (Å²) in [5.41, 5.74) is 7.65. The normalized spacial score (nSPS) is 25.5. The fourth-order valence-corrected chi connectivity index (χ4v) is 3.74. The zero-order chi connectivity index (χ0) is 17.1. The summed E-state index contributed by atoms with van der Waals surface area (Å²) < 4.78 is 5.97. The highest BCUT2D eigenvalue weighted by Crippen LogP contribution is 2.35. The van der Waals surface area contributed by atoms with E-state index in [2.05, 4.69) is 31.2 Å². The molecule has 0 spiro atoms. The summed E-state index contributed by atoms with van der Waals surface area (Å²) in [6.45, 7) is 3.98. The number of primary amides is 1. The molecule has 1 aromatic rings. The fourth-order valence-electron chi connectivity index (χ4n) is 3.74. The SMILES string of the molecule is Cc1ccc(C2OCCCC2C(=O)N2CCC(C(N)=O)CC2)cc1. The van der Waals surface area contributed by atoms with Crippen molar-refractivity contribution < 1.29 is 14.3 Å². The maximum absolute atomic E-state index is 13.0. The number of rotatable bonds is 3. The van der Waals surface area contributed by atoms with Gasteiger partial charge in [0.05, 0.1) is 12.0 Å². The summed E-state index contributed by atoms with van der Waals surface area (Å²) in [6.07, 6.45) is 2.94. The summed E-state index contributed by atoms with van der Waals surface area (Å²) in [6, 6.07) is 8.25. The number of likely N-dealkylation sites (tertiary alicyclic amines) is 1. The Morgan fingerprint density at radius 2 is 1.79 bits per heavy atom. The van der Waals surface area contributed by atoms with Crippen LogP contribution in [0.3, 0.4) is 0 Å². The van der Waals surface area contributed by atoms with Gasteiger partial charge >= 0.3 is 0 Å². The number of carbonyl (C=O) groups excluding carboxylic acids is 2. The molecule has 2 heterocycles. The van der Waals surface area contributed by atoms with Gasteiger partial charge in [-0.05, 0) is 38.2 Å². The van der Waals surface area contributed by atoms with Gasteiger partial charge in [0.25, 0.3) is 0 Å². The van der Waals surface area contributed by atoms with Crippen LogP contribution in [0.25, 0.3) is 0 Å². The third kappa shape index (κ3) is 3.61. The Morgan fingerprint density at radius 3 is 2.42 bits per heavy atom. The van der Waals surface area contributed by atoms with E-state index in [9.17, 15) is 9.59 Å². The van der Waals surface area contributed by atoms with Crippen LogP contribution in [0.2, 0.25) is 0 Å². The molecule has 0 aliphatic carbocycles. The van der Waals surface area contributed by atoms with Gasteiger partial charge < -0.3 is 15.4 Å². The van der Waals surface area contributed by atoms with Crippen molar-refractivity contribution in [2.24, 2.45) is 17.6 Å². The monoisotopic (exact) mass is 330 g/mol. The summed E-state index contributed by atoms with van der Waals surface area (Å²) in [5, 5.41) is 0. The number of aryl methyl sites for hydroxylation is 1. The van der Waals surface area contributed by atoms with Crippen LogP contribution in [0.1, 0.15) is 42.9 Å². The van der Waals surface area contributed by atoms with E-state index in [1.54, 1.807) is 0 Å². The molecule has 0 aromatic heterocycles. The number of hydrogen-bond acceptors (Lipinski definition) is 3. The summed E-state index contributed by atoms with van der Waals surface area (Å²) in [4.78, 5) is 26.2. The maximum atomic E-state index is 13.0. The zero-order valence-electron chi connectivity index (χ0n) is 14.2. The second kappa shape index (κ2) is 7.34. The van der Waals surface area contributed by atoms with Crippen molar-refractivity contribution >= 4 is 11.8 Å². The van der Waals surface area contributed by atoms with Crippen molar-refractivity contribution in [2.45, 2.75) is 38.7 Å². The number of nitrogens with two attached hydrogens (primary N) is 1. The standard InChI is InChI=1S/C19H26N2O3/c1-13-4-6-14(7-5-13)17-16(3-2-12-24-17)19(23)21-10-8-15(9-11-21)18(20)22/h4-7,15-17H,2-3,8-12H2,1H3,(H2,20,22). The molecule has 2 amide bonds. The number of benzene rings is 1. The van der Waals surface area contributed by atoms with Crippen LogP contribution in [0.4, 0.5) is 0 Å². The van der Waals surface area contributed by atoms with E-state index < -0.39 is 0 Å². The van der Waals surface area contributed by atoms with E-state index in [1.165, 1.54) is 5.56 Å². The molecule has 2 N–H and O–H groups in total. The third-order valence-electron chi connectivity index (χ3n) is 5.25. The van der Waals surface area contributed by atoms with Crippen LogP contribution in [-0.4, -0.2) is 36.4 Å². The van der Waals surface area contributed by atoms with Crippen molar-refractivity contribution in [2.75, 3.05) is 19.7 Å². The highest BCUT2D eigenvalue weighted by molar-refractivity contribution is 5.81. The molecule has 0 bridgehead atoms. The molecule has 5 nitrogen and oxygen atoms in total. The average molecular weight is 330 g/mol. The number of ether oxygens (including phenoxy) is 1. The Kier molecular flexibility index (Phi) is 5.19. The van der Waals surface area contributed by atoms with Gasteiger partial charge in [-0.15, -0.1) is 0 Å². The predicted octanol–water partition coefficient (Wildman–Crippen LogP) is 2.19. The maximum Gasteiger partial charge on any atom is 0.228 e. The number of piperidine rings is 1. The second-order valence-corrected chi connectivity index (χ2v) is 6.95. The van der Waals surface area contributed by atoms with Gasteiger partial charge in [0.15, 0.2) is 0 Å². The lowest BCUT2D eigenvalue weighted by Gasteiger charge is -2.37. The first-order valence-electron chi connectivity index (χ1n) is 8.82. The van der Waals surface area contributed by atoms with Crippen molar-refractivity contribution in [3.05, 3.63) is 35.4 Å². The lowest BCUT2D eigenvalue weighted by Crippen LogP contribution is -2.46. The van der Waals surface area contributed by atoms with Gasteiger partial charge in [-0.25, -0.2) is 0 Å². The van der Waals surface area contributed by atoms with E-state index in [0.717, 1.165) is 18.4 Å². The Bertz CT molecular complexity index is 591. The van der Waals surface area contributed by atoms with Gasteiger partial charge in [0.1, 0.15) is 0 Å². The van der Waals surface area contributed by atoms with Gasteiger partial charge in [0.2, 0.25) is 11.8 Å². The lowest BCUT2D eigenvalue weighted by molar-refractivity contribution is -0.147. The van der Waals surface area contributed by atoms with Crippen molar-refractivity contribution in [3.8, 4) is 0 Å². The summed E-state index contributed by atoms with van der Waals surface area (Å²) in [7, 11) is 0. The molecule has 2 unspecified atom stereocenters. The molecule has 3 rings (SSSR count). The highest BCUT2D eigenvalue weighted by atomic mass is 16.5. The van der Waals surface area contributed by atoms with Crippen LogP contribution in [0.15, 0.2) is 24.3 Å². The van der Waals surface area contributed by atoms with Gasteiger partial charge in [-0.1, -0.05) is 29.8 Å². The molecule has 24 heavy (non-hydrogen) atoms. The molecular weight excluding hydrogens is 304 g/mol. The Labute approximate surface area is 143 Å². The second-order valence-electron chi connectivity index (χ2n) is 6.95. The van der Waals surface area contributed by atoms with E-state index >= 15 is 0 Å². The highest BCUT2D eigenvalue weighted by Gasteiger charge is 2.37. The number of nitrogens with zero attached hydrogens (tertiary/aromatic N) is 1. The van der Waals surface area contributed by atoms with Crippen molar-refractivity contribution in [1.29, 1.82) is 0 Å². The molecule has 0 saturated carbocycles. The first kappa shape index (κ1) is 17.0. The van der Waals surface area contributed by atoms with E-state index in [0.29, 0.717) is 32.5 Å². The van der Waals surface area contributed by atoms with E-state index in [-0.39, 0.29) is 29.8 Å². The molecular formula is C19H26N2O3. The average Bonchev–Trinajstić information content (AvgIpc) is 2.62. The van der Waals surface area contributed by atoms with Gasteiger partial charge in [0, 0.05) is 25.6 Å². The summed E-state index contributed by atoms with van der Waals surface area (Å²) >= 11 is 0. The minimum absolute atomic E-state index is 0.0930. The van der Waals surface area contributed by atoms with Crippen molar-refractivity contribution in [3.63, 3.8) is 0 Å². The number of hydrogen-bond donors (Lipinski definition) is 1. The smallest absolute Gasteiger partial charge is 0.228 e. The molecule has 130 valence electrons. The van der Waals surface area contributed by atoms with Crippen LogP contribution < -0.4 is 5.73 Å². The number of carbonyl (C=O) groups is 2. The molecule has 2 atom stereocenters. The Balaban J connectivity index is 1.70. The topological polar surface area (TPSA) is 72.6 Å². The third-order valence-corrected chi connectivity index (χ3v) is 5.25. The Morgan fingerprint density at radius 1 is 1.12 bits per heavy atom. The zero-order valence-corrected chi connectivity index (χ0v) is 14.2. The molecule has 5 heteroatoms. The fraction of sp³-hybridized carbons (Fsp3) is 0.579. The minimum atomic E-state index is -0.249. The molecule has 2 aliphatic rings. The van der Waals surface area contributed by atoms with E-state index in [1.807, 2.05) is 4.90 Å². The van der Waals surface area contributed by atoms with Crippen LogP contribution in [-0.2, 0) is 14.3 Å². The van der Waals surface area contributed by atoms with E-state index in [4.69, 9.17) is 10.5 Å². The van der Waals surface area contributed by atoms with Crippen LogP contribution >= 0.6 is 0 Å². The minimum Gasteiger partial charge on any atom is -0.373 e. The molecule has 2 saturated heterocycles. The molecule has 2 fully saturated rings. The molecule has 0 radical (unpaired) electrons. The first-order chi connectivity index (χ1) is 11.6. The Hall–Kier alpha value is -1.88. The first-order valence-corrected chi connectivity index (χ1v) is 8.82. The quantitative estimate of drug-likeness (QED) is 0.923. The van der Waals surface area contributed by atoms with Crippen LogP contribution in [0, 0.1) is 18.8 Å². The van der Waals surface area contributed by atoms with Crippen molar-refractivity contribution in [1.82, 2.24) is 4.90 Å².